The van der Waals surface area contributed by atoms with Crippen molar-refractivity contribution in [2.45, 2.75) is 52.6 Å². The Morgan fingerprint density at radius 1 is 1.26 bits per heavy atom. The molecule has 2 aliphatic rings. The fraction of sp³-hybridized carbons (Fsp3) is 0.786. The Balaban J connectivity index is 1.97. The van der Waals surface area contributed by atoms with Gasteiger partial charge in [-0.05, 0) is 39.5 Å². The molecule has 2 fully saturated rings. The second kappa shape index (κ2) is 4.94. The standard InChI is InChI=1S/C14H20O5/c1-4-14(2,3)13(17)18-8-5-6-9-10(7-8)12(16)19-11(9)15/h8-10H,4-7H2,1-3H3. The first-order valence-corrected chi connectivity index (χ1v) is 6.81. The molecular weight excluding hydrogens is 248 g/mol. The normalized spacial score (nSPS) is 30.8. The molecule has 1 aliphatic heterocycles. The average molecular weight is 268 g/mol. The van der Waals surface area contributed by atoms with E-state index in [9.17, 15) is 14.4 Å². The molecular formula is C14H20O5. The highest BCUT2D eigenvalue weighted by Crippen LogP contribution is 2.38. The SMILES string of the molecule is CCC(C)(C)C(=O)OC1CCC2C(=O)OC(=O)C2C1. The van der Waals surface area contributed by atoms with E-state index in [0.717, 1.165) is 0 Å². The first-order chi connectivity index (χ1) is 8.85. The molecule has 0 radical (unpaired) electrons. The summed E-state index contributed by atoms with van der Waals surface area (Å²) in [5.41, 5.74) is -0.511. The van der Waals surface area contributed by atoms with Crippen molar-refractivity contribution in [2.75, 3.05) is 0 Å². The van der Waals surface area contributed by atoms with Crippen LogP contribution >= 0.6 is 0 Å². The maximum absolute atomic E-state index is 12.0. The summed E-state index contributed by atoms with van der Waals surface area (Å²) in [6.45, 7) is 5.62. The minimum Gasteiger partial charge on any atom is -0.462 e. The molecule has 19 heavy (non-hydrogen) atoms. The van der Waals surface area contributed by atoms with Crippen molar-refractivity contribution < 1.29 is 23.9 Å². The smallest absolute Gasteiger partial charge is 0.317 e. The fourth-order valence-electron chi connectivity index (χ4n) is 2.49. The van der Waals surface area contributed by atoms with Crippen molar-refractivity contribution in [2.24, 2.45) is 17.3 Å². The van der Waals surface area contributed by atoms with Gasteiger partial charge >= 0.3 is 17.9 Å². The van der Waals surface area contributed by atoms with Gasteiger partial charge in [0.15, 0.2) is 0 Å². The zero-order chi connectivity index (χ0) is 14.2. The van der Waals surface area contributed by atoms with Crippen LogP contribution in [0.2, 0.25) is 0 Å². The largest absolute Gasteiger partial charge is 0.462 e. The highest BCUT2D eigenvalue weighted by Gasteiger charge is 2.48. The molecule has 1 aliphatic carbocycles. The van der Waals surface area contributed by atoms with Gasteiger partial charge in [-0.15, -0.1) is 0 Å². The predicted molar refractivity (Wildman–Crippen MR) is 65.9 cm³/mol. The second-order valence-electron chi connectivity index (χ2n) is 6.03. The zero-order valence-electron chi connectivity index (χ0n) is 11.6. The number of esters is 3. The van der Waals surface area contributed by atoms with Crippen molar-refractivity contribution in [1.29, 1.82) is 0 Å². The third-order valence-corrected chi connectivity index (χ3v) is 4.32. The summed E-state index contributed by atoms with van der Waals surface area (Å²) >= 11 is 0. The monoisotopic (exact) mass is 268 g/mol. The lowest BCUT2D eigenvalue weighted by Gasteiger charge is -2.30. The van der Waals surface area contributed by atoms with Gasteiger partial charge in [0.05, 0.1) is 17.3 Å². The number of fused-ring (bicyclic) bond motifs is 1. The van der Waals surface area contributed by atoms with Crippen LogP contribution in [0.25, 0.3) is 0 Å². The lowest BCUT2D eigenvalue weighted by atomic mass is 9.79. The summed E-state index contributed by atoms with van der Waals surface area (Å²) in [4.78, 5) is 34.9. The zero-order valence-corrected chi connectivity index (χ0v) is 11.6. The molecule has 0 spiro atoms. The molecule has 106 valence electrons. The summed E-state index contributed by atoms with van der Waals surface area (Å²) in [5, 5.41) is 0. The minimum absolute atomic E-state index is 0.240. The molecule has 0 bridgehead atoms. The van der Waals surface area contributed by atoms with Crippen molar-refractivity contribution >= 4 is 17.9 Å². The summed E-state index contributed by atoms with van der Waals surface area (Å²) < 4.78 is 10.1. The number of ether oxygens (including phenoxy) is 2. The van der Waals surface area contributed by atoms with Gasteiger partial charge in [0.1, 0.15) is 6.10 Å². The molecule has 1 saturated carbocycles. The lowest BCUT2D eigenvalue weighted by Crippen LogP contribution is -2.36. The van der Waals surface area contributed by atoms with E-state index in [-0.39, 0.29) is 18.0 Å². The van der Waals surface area contributed by atoms with Crippen LogP contribution in [0, 0.1) is 17.3 Å². The van der Waals surface area contributed by atoms with Crippen LogP contribution in [0.15, 0.2) is 0 Å². The maximum atomic E-state index is 12.0. The Labute approximate surface area is 112 Å². The average Bonchev–Trinajstić information content (AvgIpc) is 2.64. The molecule has 2 rings (SSSR count). The first kappa shape index (κ1) is 14.0. The number of cyclic esters (lactones) is 2. The van der Waals surface area contributed by atoms with E-state index in [1.54, 1.807) is 0 Å². The Kier molecular flexibility index (Phi) is 3.65. The highest BCUT2D eigenvalue weighted by atomic mass is 16.6. The van der Waals surface area contributed by atoms with Crippen LogP contribution < -0.4 is 0 Å². The van der Waals surface area contributed by atoms with Crippen molar-refractivity contribution in [3.63, 3.8) is 0 Å². The van der Waals surface area contributed by atoms with E-state index in [1.165, 1.54) is 0 Å². The van der Waals surface area contributed by atoms with Gasteiger partial charge in [0.2, 0.25) is 0 Å². The van der Waals surface area contributed by atoms with Gasteiger partial charge in [-0.2, -0.15) is 0 Å². The molecule has 3 atom stereocenters. The lowest BCUT2D eigenvalue weighted by molar-refractivity contribution is -0.163. The quantitative estimate of drug-likeness (QED) is 0.577. The number of rotatable bonds is 3. The third-order valence-electron chi connectivity index (χ3n) is 4.32. The molecule has 0 aromatic rings. The van der Waals surface area contributed by atoms with Crippen LogP contribution in [-0.4, -0.2) is 24.0 Å². The molecule has 1 saturated heterocycles. The van der Waals surface area contributed by atoms with Crippen LogP contribution in [0.3, 0.4) is 0 Å². The Bertz CT molecular complexity index is 412. The molecule has 1 heterocycles. The maximum Gasteiger partial charge on any atom is 0.317 e. The fourth-order valence-corrected chi connectivity index (χ4v) is 2.49. The minimum atomic E-state index is -0.511. The number of hydrogen-bond acceptors (Lipinski definition) is 5. The van der Waals surface area contributed by atoms with Gasteiger partial charge < -0.3 is 9.47 Å². The molecule has 0 aromatic carbocycles. The van der Waals surface area contributed by atoms with Gasteiger partial charge in [0.25, 0.3) is 0 Å². The Morgan fingerprint density at radius 2 is 1.89 bits per heavy atom. The number of carbonyl (C=O) groups is 3. The summed E-state index contributed by atoms with van der Waals surface area (Å²) in [5.74, 6) is -1.89. The van der Waals surface area contributed by atoms with Crippen molar-refractivity contribution in [1.82, 2.24) is 0 Å². The molecule has 5 heteroatoms. The van der Waals surface area contributed by atoms with Gasteiger partial charge in [-0.25, -0.2) is 0 Å². The Hall–Kier alpha value is -1.39. The Morgan fingerprint density at radius 3 is 2.53 bits per heavy atom. The molecule has 0 aromatic heterocycles. The highest BCUT2D eigenvalue weighted by molar-refractivity contribution is 5.96. The van der Waals surface area contributed by atoms with Crippen LogP contribution in [0.4, 0.5) is 0 Å². The van der Waals surface area contributed by atoms with Crippen molar-refractivity contribution in [3.8, 4) is 0 Å². The van der Waals surface area contributed by atoms with Crippen molar-refractivity contribution in [3.05, 3.63) is 0 Å². The van der Waals surface area contributed by atoms with E-state index < -0.39 is 23.3 Å². The van der Waals surface area contributed by atoms with E-state index in [1.807, 2.05) is 20.8 Å². The van der Waals surface area contributed by atoms with E-state index in [0.29, 0.717) is 25.7 Å². The van der Waals surface area contributed by atoms with Crippen LogP contribution in [0.5, 0.6) is 0 Å². The van der Waals surface area contributed by atoms with E-state index in [2.05, 4.69) is 4.74 Å². The number of carbonyl (C=O) groups excluding carboxylic acids is 3. The van der Waals surface area contributed by atoms with Gasteiger partial charge in [-0.3, -0.25) is 14.4 Å². The molecule has 0 amide bonds. The topological polar surface area (TPSA) is 69.7 Å². The van der Waals surface area contributed by atoms with Crippen LogP contribution in [-0.2, 0) is 23.9 Å². The summed E-state index contributed by atoms with van der Waals surface area (Å²) in [6.07, 6.45) is 2.00. The molecule has 0 N–H and O–H groups in total. The molecule has 3 unspecified atom stereocenters. The van der Waals surface area contributed by atoms with Gasteiger partial charge in [-0.1, -0.05) is 6.92 Å². The molecule has 5 nitrogen and oxygen atoms in total. The predicted octanol–water partition coefficient (Wildman–Crippen LogP) is 1.83. The van der Waals surface area contributed by atoms with E-state index >= 15 is 0 Å². The third kappa shape index (κ3) is 2.65. The van der Waals surface area contributed by atoms with Gasteiger partial charge in [0, 0.05) is 0 Å². The number of hydrogen-bond donors (Lipinski definition) is 0. The summed E-state index contributed by atoms with van der Waals surface area (Å²) in [6, 6.07) is 0. The van der Waals surface area contributed by atoms with E-state index in [4.69, 9.17) is 4.74 Å². The van der Waals surface area contributed by atoms with Crippen LogP contribution in [0.1, 0.15) is 46.5 Å². The summed E-state index contributed by atoms with van der Waals surface area (Å²) in [7, 11) is 0. The second-order valence-corrected chi connectivity index (χ2v) is 6.03. The first-order valence-electron chi connectivity index (χ1n) is 6.81.